The predicted molar refractivity (Wildman–Crippen MR) is 110 cm³/mol. The second kappa shape index (κ2) is 8.20. The number of nitrogens with zero attached hydrogens (tertiary/aromatic N) is 3. The van der Waals surface area contributed by atoms with E-state index in [1.807, 2.05) is 19.2 Å². The van der Waals surface area contributed by atoms with Crippen molar-refractivity contribution >= 4 is 29.9 Å². The number of halogens is 2. The van der Waals surface area contributed by atoms with E-state index in [0.717, 1.165) is 31.0 Å². The second-order valence-corrected chi connectivity index (χ2v) is 7.29. The zero-order valence-corrected chi connectivity index (χ0v) is 17.2. The second-order valence-electron chi connectivity index (χ2n) is 7.29. The van der Waals surface area contributed by atoms with Gasteiger partial charge in [0.25, 0.3) is 0 Å². The van der Waals surface area contributed by atoms with E-state index in [1.165, 1.54) is 32.4 Å². The van der Waals surface area contributed by atoms with Gasteiger partial charge in [-0.15, -0.1) is 24.0 Å². The Hall–Kier alpha value is -0.890. The summed E-state index contributed by atoms with van der Waals surface area (Å²) in [6.45, 7) is 4.64. The van der Waals surface area contributed by atoms with Crippen LogP contribution in [-0.2, 0) is 0 Å². The minimum Gasteiger partial charge on any atom is -0.353 e. The molecule has 1 aromatic rings. The average Bonchev–Trinajstić information content (AvgIpc) is 3.01. The van der Waals surface area contributed by atoms with E-state index in [4.69, 9.17) is 0 Å². The lowest BCUT2D eigenvalue weighted by Crippen LogP contribution is -2.43. The SMILES string of the molecule is CN=C(NC1CC1c1ccccc1F)N1CCC(N2CCCC2)C1.I. The van der Waals surface area contributed by atoms with Crippen LogP contribution >= 0.6 is 24.0 Å². The van der Waals surface area contributed by atoms with Gasteiger partial charge in [0.1, 0.15) is 5.82 Å². The van der Waals surface area contributed by atoms with Crippen LogP contribution in [0.5, 0.6) is 0 Å². The first-order chi connectivity index (χ1) is 11.8. The number of likely N-dealkylation sites (tertiary alicyclic amines) is 2. The van der Waals surface area contributed by atoms with Gasteiger partial charge in [-0.05, 0) is 50.4 Å². The first kappa shape index (κ1) is 18.9. The van der Waals surface area contributed by atoms with Crippen molar-refractivity contribution in [3.05, 3.63) is 35.6 Å². The van der Waals surface area contributed by atoms with Gasteiger partial charge >= 0.3 is 0 Å². The fourth-order valence-corrected chi connectivity index (χ4v) is 4.28. The first-order valence-corrected chi connectivity index (χ1v) is 9.23. The van der Waals surface area contributed by atoms with Crippen LogP contribution in [0.15, 0.2) is 29.3 Å². The maximum absolute atomic E-state index is 13.9. The van der Waals surface area contributed by atoms with Crippen LogP contribution in [-0.4, -0.2) is 61.1 Å². The third-order valence-electron chi connectivity index (χ3n) is 5.74. The molecule has 4 nitrogen and oxygen atoms in total. The van der Waals surface area contributed by atoms with Crippen molar-refractivity contribution in [1.29, 1.82) is 0 Å². The van der Waals surface area contributed by atoms with Gasteiger partial charge < -0.3 is 10.2 Å². The fraction of sp³-hybridized carbons (Fsp3) is 0.632. The molecule has 3 fully saturated rings. The molecule has 1 aliphatic carbocycles. The summed E-state index contributed by atoms with van der Waals surface area (Å²) in [5.74, 6) is 1.18. The minimum absolute atomic E-state index is 0. The third kappa shape index (κ3) is 4.10. The number of nitrogens with one attached hydrogen (secondary N) is 1. The summed E-state index contributed by atoms with van der Waals surface area (Å²) >= 11 is 0. The van der Waals surface area contributed by atoms with E-state index in [9.17, 15) is 4.39 Å². The van der Waals surface area contributed by atoms with Gasteiger partial charge in [-0.25, -0.2) is 4.39 Å². The van der Waals surface area contributed by atoms with Crippen molar-refractivity contribution in [1.82, 2.24) is 15.1 Å². The van der Waals surface area contributed by atoms with E-state index in [1.54, 1.807) is 12.1 Å². The summed E-state index contributed by atoms with van der Waals surface area (Å²) in [5, 5.41) is 3.56. The fourth-order valence-electron chi connectivity index (χ4n) is 4.28. The highest BCUT2D eigenvalue weighted by Crippen LogP contribution is 2.42. The Labute approximate surface area is 166 Å². The Bertz CT molecular complexity index is 617. The average molecular weight is 458 g/mol. The van der Waals surface area contributed by atoms with E-state index >= 15 is 0 Å². The zero-order chi connectivity index (χ0) is 16.5. The van der Waals surface area contributed by atoms with Gasteiger partial charge in [-0.1, -0.05) is 18.2 Å². The van der Waals surface area contributed by atoms with Gasteiger partial charge in [0.15, 0.2) is 5.96 Å². The number of hydrogen-bond acceptors (Lipinski definition) is 2. The van der Waals surface area contributed by atoms with Crippen molar-refractivity contribution in [2.45, 2.75) is 43.7 Å². The maximum Gasteiger partial charge on any atom is 0.193 e. The predicted octanol–water partition coefficient (Wildman–Crippen LogP) is 3.05. The van der Waals surface area contributed by atoms with Gasteiger partial charge in [0.05, 0.1) is 0 Å². The molecule has 3 unspecified atom stereocenters. The molecule has 3 atom stereocenters. The smallest absolute Gasteiger partial charge is 0.193 e. The monoisotopic (exact) mass is 458 g/mol. The van der Waals surface area contributed by atoms with Crippen LogP contribution < -0.4 is 5.32 Å². The Morgan fingerprint density at radius 1 is 1.20 bits per heavy atom. The van der Waals surface area contributed by atoms with E-state index in [-0.39, 0.29) is 35.7 Å². The topological polar surface area (TPSA) is 30.9 Å². The molecule has 4 rings (SSSR count). The molecule has 0 amide bonds. The molecule has 2 saturated heterocycles. The lowest BCUT2D eigenvalue weighted by atomic mass is 10.1. The molecule has 2 aliphatic heterocycles. The quantitative estimate of drug-likeness (QED) is 0.429. The molecule has 6 heteroatoms. The Kier molecular flexibility index (Phi) is 6.20. The van der Waals surface area contributed by atoms with Crippen LogP contribution in [0, 0.1) is 5.82 Å². The molecule has 1 saturated carbocycles. The van der Waals surface area contributed by atoms with E-state index < -0.39 is 0 Å². The number of guanidine groups is 1. The Balaban J connectivity index is 0.00000182. The first-order valence-electron chi connectivity index (χ1n) is 9.23. The van der Waals surface area contributed by atoms with Gasteiger partial charge in [-0.3, -0.25) is 9.89 Å². The lowest BCUT2D eigenvalue weighted by Gasteiger charge is -2.25. The number of aliphatic imine (C=N–C) groups is 1. The van der Waals surface area contributed by atoms with Gasteiger partial charge in [0, 0.05) is 38.1 Å². The van der Waals surface area contributed by atoms with Crippen LogP contribution in [0.4, 0.5) is 4.39 Å². The molecule has 0 bridgehead atoms. The molecule has 0 aromatic heterocycles. The molecule has 2 heterocycles. The zero-order valence-electron chi connectivity index (χ0n) is 14.8. The van der Waals surface area contributed by atoms with Gasteiger partial charge in [0.2, 0.25) is 0 Å². The Morgan fingerprint density at radius 3 is 2.68 bits per heavy atom. The molecular weight excluding hydrogens is 430 g/mol. The van der Waals surface area contributed by atoms with Crippen molar-refractivity contribution in [3.63, 3.8) is 0 Å². The van der Waals surface area contributed by atoms with E-state index in [2.05, 4.69) is 20.1 Å². The van der Waals surface area contributed by atoms with Crippen LogP contribution in [0.1, 0.15) is 37.2 Å². The lowest BCUT2D eigenvalue weighted by molar-refractivity contribution is 0.249. The summed E-state index contributed by atoms with van der Waals surface area (Å²) in [7, 11) is 1.85. The molecule has 1 N–H and O–H groups in total. The molecule has 25 heavy (non-hydrogen) atoms. The standard InChI is InChI=1S/C19H27FN4.HI/c1-21-19(24-11-8-14(13-24)23-9-4-5-10-23)22-18-12-16(18)15-6-2-3-7-17(15)20;/h2-3,6-7,14,16,18H,4-5,8-13H2,1H3,(H,21,22);1H. The van der Waals surface area contributed by atoms with Crippen molar-refractivity contribution in [2.75, 3.05) is 33.2 Å². The molecular formula is C19H28FIN4. The molecule has 0 spiro atoms. The third-order valence-corrected chi connectivity index (χ3v) is 5.74. The number of rotatable bonds is 3. The highest BCUT2D eigenvalue weighted by molar-refractivity contribution is 14.0. The summed E-state index contributed by atoms with van der Waals surface area (Å²) < 4.78 is 13.9. The molecule has 0 radical (unpaired) electrons. The van der Waals surface area contributed by atoms with Crippen molar-refractivity contribution in [3.8, 4) is 0 Å². The van der Waals surface area contributed by atoms with E-state index in [0.29, 0.717) is 12.1 Å². The minimum atomic E-state index is -0.0861. The largest absolute Gasteiger partial charge is 0.353 e. The van der Waals surface area contributed by atoms with Gasteiger partial charge in [-0.2, -0.15) is 0 Å². The molecule has 3 aliphatic rings. The van der Waals surface area contributed by atoms with Crippen LogP contribution in [0.25, 0.3) is 0 Å². The summed E-state index contributed by atoms with van der Waals surface area (Å²) in [5.41, 5.74) is 0.835. The normalized spacial score (nSPS) is 29.6. The van der Waals surface area contributed by atoms with Crippen LogP contribution in [0.2, 0.25) is 0 Å². The summed E-state index contributed by atoms with van der Waals surface area (Å²) in [4.78, 5) is 9.49. The summed E-state index contributed by atoms with van der Waals surface area (Å²) in [6, 6.07) is 8.12. The maximum atomic E-state index is 13.9. The number of benzene rings is 1. The van der Waals surface area contributed by atoms with Crippen molar-refractivity contribution in [2.24, 2.45) is 4.99 Å². The molecule has 138 valence electrons. The highest BCUT2D eigenvalue weighted by atomic mass is 127. The Morgan fingerprint density at radius 2 is 1.96 bits per heavy atom. The number of hydrogen-bond donors (Lipinski definition) is 1. The van der Waals surface area contributed by atoms with Crippen molar-refractivity contribution < 1.29 is 4.39 Å². The molecule has 1 aromatic carbocycles. The highest BCUT2D eigenvalue weighted by Gasteiger charge is 2.41. The van der Waals surface area contributed by atoms with Crippen LogP contribution in [0.3, 0.4) is 0 Å². The summed E-state index contributed by atoms with van der Waals surface area (Å²) in [6.07, 6.45) is 4.90.